The predicted octanol–water partition coefficient (Wildman–Crippen LogP) is 7.10. The largest absolute Gasteiger partial charge is 0.358 e. The molecule has 3 N–H and O–H groups in total. The molecule has 0 fully saturated rings. The lowest BCUT2D eigenvalue weighted by atomic mass is 10.1. The van der Waals surface area contributed by atoms with Crippen LogP contribution in [0.25, 0.3) is 55.7 Å². The van der Waals surface area contributed by atoms with Crippen molar-refractivity contribution in [1.29, 1.82) is 0 Å². The molecule has 5 aromatic heterocycles. The molecule has 0 radical (unpaired) electrons. The highest BCUT2D eigenvalue weighted by Gasteiger charge is 2.16. The Morgan fingerprint density at radius 1 is 1.00 bits per heavy atom. The highest BCUT2D eigenvalue weighted by molar-refractivity contribution is 6.00. The van der Waals surface area contributed by atoms with Crippen LogP contribution in [0.2, 0.25) is 0 Å². The van der Waals surface area contributed by atoms with Crippen molar-refractivity contribution >= 4 is 27.6 Å². The first-order valence-electron chi connectivity index (χ1n) is 12.1. The normalized spacial score (nSPS) is 11.3. The minimum atomic E-state index is -0.310. The molecule has 1 aromatic carbocycles. The van der Waals surface area contributed by atoms with Gasteiger partial charge in [0.2, 0.25) is 0 Å². The SMILES string of the molecule is C=C(CCC)Nc1cncc(-c2cnc3n[nH]c(-c4cc5c(-c6ccccc6F)nccc5[nH]4)c3c2)c1. The summed E-state index contributed by atoms with van der Waals surface area (Å²) >= 11 is 0. The maximum atomic E-state index is 14.5. The third-order valence-electron chi connectivity index (χ3n) is 6.30. The zero-order chi connectivity index (χ0) is 25.4. The zero-order valence-electron chi connectivity index (χ0n) is 20.2. The Morgan fingerprint density at radius 2 is 1.86 bits per heavy atom. The summed E-state index contributed by atoms with van der Waals surface area (Å²) in [4.78, 5) is 16.9. The predicted molar refractivity (Wildman–Crippen MR) is 145 cm³/mol. The summed E-state index contributed by atoms with van der Waals surface area (Å²) in [6, 6.07) is 14.6. The van der Waals surface area contributed by atoms with Gasteiger partial charge < -0.3 is 10.3 Å². The van der Waals surface area contributed by atoms with Crippen molar-refractivity contribution in [1.82, 2.24) is 30.1 Å². The van der Waals surface area contributed by atoms with Gasteiger partial charge in [-0.2, -0.15) is 5.10 Å². The maximum absolute atomic E-state index is 14.5. The van der Waals surface area contributed by atoms with Crippen LogP contribution in [0, 0.1) is 5.82 Å². The molecule has 0 saturated heterocycles. The third-order valence-corrected chi connectivity index (χ3v) is 6.30. The summed E-state index contributed by atoms with van der Waals surface area (Å²) in [7, 11) is 0. The number of fused-ring (bicyclic) bond motifs is 2. The Labute approximate surface area is 212 Å². The second kappa shape index (κ2) is 9.31. The maximum Gasteiger partial charge on any atom is 0.181 e. The molecule has 182 valence electrons. The summed E-state index contributed by atoms with van der Waals surface area (Å²) in [6.45, 7) is 6.20. The second-order valence-electron chi connectivity index (χ2n) is 8.92. The molecule has 0 atom stereocenters. The lowest BCUT2D eigenvalue weighted by Gasteiger charge is -2.09. The first-order valence-corrected chi connectivity index (χ1v) is 12.1. The first-order chi connectivity index (χ1) is 18.1. The second-order valence-corrected chi connectivity index (χ2v) is 8.92. The number of hydrogen-bond donors (Lipinski definition) is 3. The van der Waals surface area contributed by atoms with E-state index in [9.17, 15) is 4.39 Å². The Kier molecular flexibility index (Phi) is 5.69. The van der Waals surface area contributed by atoms with Gasteiger partial charge in [0.1, 0.15) is 5.82 Å². The monoisotopic (exact) mass is 489 g/mol. The van der Waals surface area contributed by atoms with Crippen LogP contribution < -0.4 is 5.32 Å². The summed E-state index contributed by atoms with van der Waals surface area (Å²) in [6.07, 6.45) is 8.98. The fourth-order valence-electron chi connectivity index (χ4n) is 4.55. The number of nitrogens with zero attached hydrogens (tertiary/aromatic N) is 4. The van der Waals surface area contributed by atoms with Crippen molar-refractivity contribution in [3.8, 4) is 33.8 Å². The van der Waals surface area contributed by atoms with Gasteiger partial charge in [0, 0.05) is 57.3 Å². The van der Waals surface area contributed by atoms with Crippen LogP contribution in [-0.2, 0) is 0 Å². The molecule has 0 aliphatic carbocycles. The highest BCUT2D eigenvalue weighted by atomic mass is 19.1. The molecule has 0 aliphatic heterocycles. The van der Waals surface area contributed by atoms with E-state index in [0.717, 1.165) is 63.0 Å². The van der Waals surface area contributed by atoms with Crippen molar-refractivity contribution in [2.45, 2.75) is 19.8 Å². The number of aromatic amines is 2. The van der Waals surface area contributed by atoms with Gasteiger partial charge in [0.05, 0.1) is 29.0 Å². The molecule has 37 heavy (non-hydrogen) atoms. The van der Waals surface area contributed by atoms with E-state index in [1.807, 2.05) is 30.5 Å². The van der Waals surface area contributed by atoms with Crippen LogP contribution in [0.5, 0.6) is 0 Å². The molecule has 0 saturated carbocycles. The molecule has 0 aliphatic rings. The molecule has 0 spiro atoms. The number of halogens is 1. The third kappa shape index (κ3) is 4.23. The molecular weight excluding hydrogens is 465 g/mol. The number of nitrogens with one attached hydrogen (secondary N) is 3. The quantitative estimate of drug-likeness (QED) is 0.222. The molecule has 0 bridgehead atoms. The van der Waals surface area contributed by atoms with Gasteiger partial charge in [-0.25, -0.2) is 9.37 Å². The minimum absolute atomic E-state index is 0.310. The average Bonchev–Trinajstić information content (AvgIpc) is 3.53. The minimum Gasteiger partial charge on any atom is -0.358 e. The van der Waals surface area contributed by atoms with E-state index in [0.29, 0.717) is 16.9 Å². The summed E-state index contributed by atoms with van der Waals surface area (Å²) in [5.41, 5.74) is 7.78. The standard InChI is InChI=1S/C29H24FN7/c1-3-6-17(2)34-20-11-18(14-31-16-20)19-12-23-28(36-37-29(23)33-15-19)26-13-22-25(35-26)9-10-32-27(22)21-7-4-5-8-24(21)30/h4-5,7-16,34-35H,2-3,6H2,1H3,(H,33,36,37). The lowest BCUT2D eigenvalue weighted by Crippen LogP contribution is -1.98. The van der Waals surface area contributed by atoms with E-state index >= 15 is 0 Å². The van der Waals surface area contributed by atoms with Crippen LogP contribution in [0.3, 0.4) is 0 Å². The number of benzene rings is 1. The van der Waals surface area contributed by atoms with E-state index < -0.39 is 0 Å². The van der Waals surface area contributed by atoms with Gasteiger partial charge >= 0.3 is 0 Å². The first kappa shape index (κ1) is 22.6. The number of aromatic nitrogens is 6. The van der Waals surface area contributed by atoms with Gasteiger partial charge in [0.25, 0.3) is 0 Å². The number of H-pyrrole nitrogens is 2. The fourth-order valence-corrected chi connectivity index (χ4v) is 4.55. The molecule has 6 aromatic rings. The number of rotatable bonds is 7. The number of allylic oxidation sites excluding steroid dienone is 1. The average molecular weight is 490 g/mol. The van der Waals surface area contributed by atoms with Crippen molar-refractivity contribution in [2.75, 3.05) is 5.32 Å². The lowest BCUT2D eigenvalue weighted by molar-refractivity contribution is 0.631. The van der Waals surface area contributed by atoms with Crippen molar-refractivity contribution in [3.63, 3.8) is 0 Å². The topological polar surface area (TPSA) is 95.2 Å². The van der Waals surface area contributed by atoms with Crippen LogP contribution in [-0.4, -0.2) is 30.1 Å². The fraction of sp³-hybridized carbons (Fsp3) is 0.103. The van der Waals surface area contributed by atoms with E-state index in [1.165, 1.54) is 6.07 Å². The number of pyridine rings is 3. The van der Waals surface area contributed by atoms with E-state index in [4.69, 9.17) is 0 Å². The van der Waals surface area contributed by atoms with E-state index in [1.54, 1.807) is 36.8 Å². The molecule has 6 rings (SSSR count). The molecule has 0 unspecified atom stereocenters. The smallest absolute Gasteiger partial charge is 0.181 e. The van der Waals surface area contributed by atoms with Gasteiger partial charge in [-0.15, -0.1) is 0 Å². The summed E-state index contributed by atoms with van der Waals surface area (Å²) in [5, 5.41) is 12.5. The van der Waals surface area contributed by atoms with Crippen molar-refractivity contribution in [2.24, 2.45) is 0 Å². The van der Waals surface area contributed by atoms with Crippen LogP contribution in [0.4, 0.5) is 10.1 Å². The Morgan fingerprint density at radius 3 is 2.73 bits per heavy atom. The zero-order valence-corrected chi connectivity index (χ0v) is 20.2. The molecular formula is C29H24FN7. The Bertz CT molecular complexity index is 1770. The summed E-state index contributed by atoms with van der Waals surface area (Å²) < 4.78 is 14.5. The van der Waals surface area contributed by atoms with Crippen molar-refractivity contribution in [3.05, 3.63) is 91.4 Å². The number of hydrogen-bond acceptors (Lipinski definition) is 5. The molecule has 5 heterocycles. The van der Waals surface area contributed by atoms with Crippen LogP contribution in [0.1, 0.15) is 19.8 Å². The van der Waals surface area contributed by atoms with E-state index in [-0.39, 0.29) is 5.82 Å². The van der Waals surface area contributed by atoms with Gasteiger partial charge in [-0.3, -0.25) is 15.1 Å². The Hall–Kier alpha value is -4.85. The van der Waals surface area contributed by atoms with Crippen LogP contribution in [0.15, 0.2) is 85.6 Å². The molecule has 7 nitrogen and oxygen atoms in total. The van der Waals surface area contributed by atoms with Gasteiger partial charge in [-0.1, -0.05) is 32.1 Å². The van der Waals surface area contributed by atoms with Gasteiger partial charge in [0.15, 0.2) is 5.65 Å². The summed E-state index contributed by atoms with van der Waals surface area (Å²) in [5.74, 6) is -0.310. The molecule has 8 heteroatoms. The highest BCUT2D eigenvalue weighted by Crippen LogP contribution is 2.34. The van der Waals surface area contributed by atoms with E-state index in [2.05, 4.69) is 49.0 Å². The Balaban J connectivity index is 1.41. The number of anilines is 1. The van der Waals surface area contributed by atoms with Crippen LogP contribution >= 0.6 is 0 Å². The van der Waals surface area contributed by atoms with Crippen molar-refractivity contribution < 1.29 is 4.39 Å². The van der Waals surface area contributed by atoms with Gasteiger partial charge in [-0.05, 0) is 42.8 Å². The molecule has 0 amide bonds.